The van der Waals surface area contributed by atoms with Crippen molar-refractivity contribution in [1.29, 1.82) is 0 Å². The van der Waals surface area contributed by atoms with Gasteiger partial charge in [0.1, 0.15) is 23.1 Å². The average molecular weight is 795 g/mol. The first-order valence-corrected chi connectivity index (χ1v) is 20.0. The van der Waals surface area contributed by atoms with Gasteiger partial charge in [0.2, 0.25) is 11.8 Å². The number of rotatable bonds is 11. The Kier molecular flexibility index (Phi) is 9.69. The molecule has 1 atom stereocenters. The van der Waals surface area contributed by atoms with E-state index in [-0.39, 0.29) is 36.1 Å². The molecule has 0 radical (unpaired) electrons. The second-order valence-corrected chi connectivity index (χ2v) is 15.5. The molecule has 292 valence electrons. The molecule has 9 rings (SSSR count). The highest BCUT2D eigenvalue weighted by Gasteiger charge is 2.51. The van der Waals surface area contributed by atoms with Crippen molar-refractivity contribution in [3.05, 3.63) is 117 Å². The molecule has 3 aromatic carbocycles. The number of nitrogens with one attached hydrogen (secondary N) is 2. The summed E-state index contributed by atoms with van der Waals surface area (Å²) in [6, 6.07) is 18.1. The standard InChI is InChI=1S/C43H39ClN10O4/c1-26-48-50-42-43(20-21-43)47-38(28-13-15-29(44)16-14-28)32-23-27(12-17-34(32)53(26)42)9-6-4-2-3-5-7-22-52-25-30(49-51-52)24-45-33-11-8-10-31-37(33)41(58)54(40(31)57)35-18-19-36(55)46-39(35)56/h8,10-17,23,25,35,45H,2-5,7,18-22,24H2,1H3,(H,46,55,56). The maximum Gasteiger partial charge on any atom is 0.264 e. The Morgan fingerprint density at radius 2 is 1.76 bits per heavy atom. The first-order valence-electron chi connectivity index (χ1n) is 19.6. The van der Waals surface area contributed by atoms with Crippen molar-refractivity contribution in [2.24, 2.45) is 4.99 Å². The average Bonchev–Trinajstić information content (AvgIpc) is 3.59. The Morgan fingerprint density at radius 3 is 2.57 bits per heavy atom. The number of hydrogen-bond acceptors (Lipinski definition) is 10. The summed E-state index contributed by atoms with van der Waals surface area (Å²) in [6.45, 7) is 2.99. The molecule has 15 heteroatoms. The van der Waals surface area contributed by atoms with Gasteiger partial charge < -0.3 is 5.32 Å². The maximum atomic E-state index is 13.4. The number of anilines is 1. The van der Waals surface area contributed by atoms with E-state index < -0.39 is 29.7 Å². The Bertz CT molecular complexity index is 2590. The SMILES string of the molecule is Cc1nnc2n1-c1ccc(C#CCCCCCCn3cc(CNc4cccc5c4C(=O)N(C4CCC(=O)NC4=O)C5=O)nn3)cc1C(c1ccc(Cl)cc1)=NC21CC1. The van der Waals surface area contributed by atoms with Crippen LogP contribution in [-0.2, 0) is 28.2 Å². The molecule has 58 heavy (non-hydrogen) atoms. The van der Waals surface area contributed by atoms with E-state index in [2.05, 4.69) is 65.8 Å². The minimum absolute atomic E-state index is 0.0638. The lowest BCUT2D eigenvalue weighted by Crippen LogP contribution is -2.54. The van der Waals surface area contributed by atoms with Crippen LogP contribution in [0.2, 0.25) is 5.02 Å². The number of halogens is 1. The number of fused-ring (bicyclic) bond motifs is 5. The van der Waals surface area contributed by atoms with Crippen molar-refractivity contribution in [1.82, 2.24) is 40.0 Å². The lowest BCUT2D eigenvalue weighted by molar-refractivity contribution is -0.136. The predicted octanol–water partition coefficient (Wildman–Crippen LogP) is 5.68. The Balaban J connectivity index is 0.770. The zero-order valence-electron chi connectivity index (χ0n) is 31.8. The number of carbonyl (C=O) groups is 4. The largest absolute Gasteiger partial charge is 0.379 e. The highest BCUT2D eigenvalue weighted by Crippen LogP contribution is 2.51. The topological polar surface area (TPSA) is 169 Å². The lowest BCUT2D eigenvalue weighted by atomic mass is 9.98. The molecule has 3 aliphatic heterocycles. The molecule has 1 aliphatic carbocycles. The fourth-order valence-electron chi connectivity index (χ4n) is 7.94. The number of unbranched alkanes of at least 4 members (excludes halogenated alkanes) is 4. The third-order valence-corrected chi connectivity index (χ3v) is 11.3. The number of nitrogens with zero attached hydrogens (tertiary/aromatic N) is 8. The maximum absolute atomic E-state index is 13.4. The monoisotopic (exact) mass is 794 g/mol. The molecule has 5 heterocycles. The number of carbonyl (C=O) groups excluding carboxylic acids is 4. The number of hydrogen-bond donors (Lipinski definition) is 2. The van der Waals surface area contributed by atoms with Gasteiger partial charge in [-0.25, -0.2) is 0 Å². The van der Waals surface area contributed by atoms with Gasteiger partial charge >= 0.3 is 0 Å². The summed E-state index contributed by atoms with van der Waals surface area (Å²) in [5, 5.41) is 23.6. The molecule has 2 fully saturated rings. The molecule has 1 saturated carbocycles. The van der Waals surface area contributed by atoms with Crippen molar-refractivity contribution in [2.45, 2.75) is 89.4 Å². The van der Waals surface area contributed by atoms with Crippen molar-refractivity contribution < 1.29 is 19.2 Å². The third kappa shape index (κ3) is 6.96. The Labute approximate surface area is 339 Å². The molecule has 1 unspecified atom stereocenters. The predicted molar refractivity (Wildman–Crippen MR) is 215 cm³/mol. The molecule has 14 nitrogen and oxygen atoms in total. The van der Waals surface area contributed by atoms with Gasteiger partial charge in [0, 0.05) is 46.8 Å². The fourth-order valence-corrected chi connectivity index (χ4v) is 8.06. The Morgan fingerprint density at radius 1 is 0.931 bits per heavy atom. The molecular formula is C43H39ClN10O4. The van der Waals surface area contributed by atoms with E-state index in [1.54, 1.807) is 22.9 Å². The molecular weight excluding hydrogens is 756 g/mol. The van der Waals surface area contributed by atoms with E-state index in [9.17, 15) is 19.2 Å². The Hall–Kier alpha value is -6.46. The second-order valence-electron chi connectivity index (χ2n) is 15.1. The van der Waals surface area contributed by atoms with Crippen molar-refractivity contribution in [3.8, 4) is 17.5 Å². The molecule has 2 N–H and O–H groups in total. The summed E-state index contributed by atoms with van der Waals surface area (Å²) in [5.74, 6) is 6.33. The first-order chi connectivity index (χ1) is 28.2. The number of piperidine rings is 1. The lowest BCUT2D eigenvalue weighted by Gasteiger charge is -2.27. The van der Waals surface area contributed by atoms with E-state index >= 15 is 0 Å². The smallest absolute Gasteiger partial charge is 0.264 e. The minimum atomic E-state index is -1.02. The van der Waals surface area contributed by atoms with Gasteiger partial charge in [-0.05, 0) is 81.5 Å². The van der Waals surface area contributed by atoms with Crippen molar-refractivity contribution in [2.75, 3.05) is 5.32 Å². The molecule has 1 spiro atoms. The number of imide groups is 2. The molecule has 5 aromatic rings. The number of aromatic nitrogens is 6. The summed E-state index contributed by atoms with van der Waals surface area (Å²) in [6.07, 6.45) is 8.66. The molecule has 1 saturated heterocycles. The van der Waals surface area contributed by atoms with Crippen LogP contribution in [-0.4, -0.2) is 70.0 Å². The van der Waals surface area contributed by atoms with Crippen LogP contribution in [0.5, 0.6) is 0 Å². The second kappa shape index (κ2) is 15.1. The van der Waals surface area contributed by atoms with Gasteiger partial charge in [-0.15, -0.1) is 15.3 Å². The highest BCUT2D eigenvalue weighted by atomic mass is 35.5. The highest BCUT2D eigenvalue weighted by molar-refractivity contribution is 6.30. The summed E-state index contributed by atoms with van der Waals surface area (Å²) < 4.78 is 3.95. The van der Waals surface area contributed by atoms with E-state index in [1.165, 1.54) is 0 Å². The van der Waals surface area contributed by atoms with Gasteiger partial charge in [-0.2, -0.15) is 0 Å². The molecule has 4 amide bonds. The van der Waals surface area contributed by atoms with Gasteiger partial charge in [-0.1, -0.05) is 59.7 Å². The zero-order valence-corrected chi connectivity index (χ0v) is 32.6. The van der Waals surface area contributed by atoms with Gasteiger partial charge in [-0.3, -0.25) is 43.6 Å². The normalized spacial score (nSPS) is 17.5. The first kappa shape index (κ1) is 37.1. The van der Waals surface area contributed by atoms with E-state index in [1.807, 2.05) is 37.4 Å². The summed E-state index contributed by atoms with van der Waals surface area (Å²) in [7, 11) is 0. The molecule has 4 aliphatic rings. The van der Waals surface area contributed by atoms with Crippen LogP contribution in [0.4, 0.5) is 5.69 Å². The number of amides is 4. The molecule has 2 aromatic heterocycles. The van der Waals surface area contributed by atoms with E-state index in [4.69, 9.17) is 16.6 Å². The minimum Gasteiger partial charge on any atom is -0.379 e. The van der Waals surface area contributed by atoms with Crippen LogP contribution in [0.3, 0.4) is 0 Å². The zero-order chi connectivity index (χ0) is 40.0. The van der Waals surface area contributed by atoms with Crippen molar-refractivity contribution in [3.63, 3.8) is 0 Å². The van der Waals surface area contributed by atoms with E-state index in [0.29, 0.717) is 16.4 Å². The van der Waals surface area contributed by atoms with Crippen molar-refractivity contribution >= 4 is 46.6 Å². The van der Waals surface area contributed by atoms with E-state index in [0.717, 1.165) is 96.1 Å². The number of aryl methyl sites for hydroxylation is 2. The van der Waals surface area contributed by atoms with Crippen LogP contribution in [0.15, 0.2) is 71.9 Å². The summed E-state index contributed by atoms with van der Waals surface area (Å²) in [5.41, 5.74) is 6.07. The van der Waals surface area contributed by atoms with Crippen LogP contribution < -0.4 is 10.6 Å². The quantitative estimate of drug-likeness (QED) is 0.0972. The fraction of sp³-hybridized carbons (Fsp3) is 0.326. The van der Waals surface area contributed by atoms with Gasteiger partial charge in [0.15, 0.2) is 5.82 Å². The van der Waals surface area contributed by atoms with Crippen LogP contribution in [0, 0.1) is 18.8 Å². The third-order valence-electron chi connectivity index (χ3n) is 11.1. The van der Waals surface area contributed by atoms with Crippen LogP contribution in [0.1, 0.15) is 113 Å². The van der Waals surface area contributed by atoms with Crippen LogP contribution >= 0.6 is 11.6 Å². The van der Waals surface area contributed by atoms with Gasteiger partial charge in [0.25, 0.3) is 11.8 Å². The number of benzene rings is 3. The van der Waals surface area contributed by atoms with Crippen LogP contribution in [0.25, 0.3) is 5.69 Å². The van der Waals surface area contributed by atoms with Gasteiger partial charge in [0.05, 0.1) is 35.3 Å². The number of aliphatic imine (C=N–C) groups is 1. The summed E-state index contributed by atoms with van der Waals surface area (Å²) >= 11 is 6.25. The molecule has 0 bridgehead atoms. The summed E-state index contributed by atoms with van der Waals surface area (Å²) in [4.78, 5) is 56.9.